The molecule has 1 aliphatic carbocycles. The maximum atomic E-state index is 12.6. The first-order valence-electron chi connectivity index (χ1n) is 8.63. The summed E-state index contributed by atoms with van der Waals surface area (Å²) in [5, 5.41) is 17.4. The average molecular weight is 388 g/mol. The summed E-state index contributed by atoms with van der Waals surface area (Å²) in [6.45, 7) is 0. The van der Waals surface area contributed by atoms with Gasteiger partial charge in [-0.25, -0.2) is 4.98 Å². The van der Waals surface area contributed by atoms with E-state index in [0.717, 1.165) is 22.6 Å². The Morgan fingerprint density at radius 3 is 2.63 bits per heavy atom. The second kappa shape index (κ2) is 7.89. The number of aryl methyl sites for hydroxylation is 1. The molecule has 0 radical (unpaired) electrons. The molecule has 1 amide bonds. The van der Waals surface area contributed by atoms with Gasteiger partial charge in [-0.3, -0.25) is 14.6 Å². The Morgan fingerprint density at radius 2 is 2.04 bits per heavy atom. The summed E-state index contributed by atoms with van der Waals surface area (Å²) in [5.41, 5.74) is 2.46. The van der Waals surface area contributed by atoms with Gasteiger partial charge >= 0.3 is 0 Å². The molecule has 0 aliphatic heterocycles. The van der Waals surface area contributed by atoms with Crippen molar-refractivity contribution in [2.24, 2.45) is 7.05 Å². The van der Waals surface area contributed by atoms with Crippen LogP contribution in [0.5, 0.6) is 0 Å². The molecule has 1 fully saturated rings. The molecule has 1 atom stereocenters. The number of nitrogens with zero attached hydrogens (tertiary/aromatic N) is 4. The van der Waals surface area contributed by atoms with Crippen molar-refractivity contribution in [3.8, 4) is 11.4 Å². The molecule has 1 aliphatic rings. The molecule has 4 rings (SSSR count). The van der Waals surface area contributed by atoms with Gasteiger partial charge in [0.15, 0.2) is 5.82 Å². The maximum absolute atomic E-state index is 12.6. The van der Waals surface area contributed by atoms with Crippen molar-refractivity contribution in [1.29, 1.82) is 0 Å². The molecule has 2 heterocycles. The molecule has 0 spiro atoms. The van der Waals surface area contributed by atoms with E-state index in [2.05, 4.69) is 30.9 Å². The molecule has 3 N–H and O–H groups in total. The fraction of sp³-hybridized carbons (Fsp3) is 0.333. The van der Waals surface area contributed by atoms with Gasteiger partial charge in [0, 0.05) is 36.0 Å². The molecular weight excluding hydrogens is 366 g/mol. The Morgan fingerprint density at radius 1 is 1.30 bits per heavy atom. The van der Waals surface area contributed by atoms with E-state index in [9.17, 15) is 4.79 Å². The van der Waals surface area contributed by atoms with Crippen molar-refractivity contribution in [3.05, 3.63) is 48.0 Å². The van der Waals surface area contributed by atoms with Gasteiger partial charge in [-0.05, 0) is 44.2 Å². The van der Waals surface area contributed by atoms with Crippen LogP contribution in [-0.4, -0.2) is 37.9 Å². The summed E-state index contributed by atoms with van der Waals surface area (Å²) < 4.78 is 1.68. The first kappa shape index (κ1) is 19.1. The number of aromatic amines is 1. The highest BCUT2D eigenvalue weighted by atomic mass is 35.5. The number of likely N-dealkylation sites (N-methyl/N-ethyl adjacent to an activating group) is 1. The smallest absolute Gasteiger partial charge is 0.246 e. The van der Waals surface area contributed by atoms with Gasteiger partial charge in [0.2, 0.25) is 5.91 Å². The summed E-state index contributed by atoms with van der Waals surface area (Å²) in [6, 6.07) is 7.08. The maximum Gasteiger partial charge on any atom is 0.246 e. The highest BCUT2D eigenvalue weighted by Gasteiger charge is 2.27. The van der Waals surface area contributed by atoms with Crippen LogP contribution >= 0.6 is 12.4 Å². The van der Waals surface area contributed by atoms with Crippen LogP contribution in [0.3, 0.4) is 0 Å². The molecule has 3 aromatic rings. The Balaban J connectivity index is 0.00000210. The van der Waals surface area contributed by atoms with E-state index in [1.54, 1.807) is 17.9 Å². The normalized spacial score (nSPS) is 14.4. The zero-order valence-electron chi connectivity index (χ0n) is 15.1. The monoisotopic (exact) mass is 387 g/mol. The molecular formula is C18H22ClN7O. The standard InChI is InChI=1S/C18H21N7O.ClH/c1-19-15(13-9-20-25(2)10-13)18(26)21-14-7-5-12(6-8-14)17-22-16(23-24-17)11-3-4-11;/h5-11,15,19H,3-4H2,1-2H3,(H,21,26)(H,22,23,24);1H. The minimum Gasteiger partial charge on any atom is -0.324 e. The number of carbonyl (C=O) groups excluding carboxylic acids is 1. The number of nitrogens with one attached hydrogen (secondary N) is 3. The number of benzene rings is 1. The summed E-state index contributed by atoms with van der Waals surface area (Å²) in [7, 11) is 3.58. The minimum absolute atomic E-state index is 0. The second-order valence-electron chi connectivity index (χ2n) is 6.55. The third kappa shape index (κ3) is 4.17. The van der Waals surface area contributed by atoms with Gasteiger partial charge < -0.3 is 10.6 Å². The van der Waals surface area contributed by atoms with Gasteiger partial charge in [0.25, 0.3) is 0 Å². The van der Waals surface area contributed by atoms with E-state index in [0.29, 0.717) is 11.7 Å². The predicted molar refractivity (Wildman–Crippen MR) is 105 cm³/mol. The minimum atomic E-state index is -0.461. The quantitative estimate of drug-likeness (QED) is 0.603. The van der Waals surface area contributed by atoms with Crippen LogP contribution < -0.4 is 10.6 Å². The lowest BCUT2D eigenvalue weighted by Gasteiger charge is -2.14. The van der Waals surface area contributed by atoms with E-state index in [4.69, 9.17) is 0 Å². The molecule has 2 aromatic heterocycles. The van der Waals surface area contributed by atoms with Gasteiger partial charge in [-0.2, -0.15) is 10.2 Å². The van der Waals surface area contributed by atoms with Crippen molar-refractivity contribution in [3.63, 3.8) is 0 Å². The van der Waals surface area contributed by atoms with Crippen molar-refractivity contribution in [2.75, 3.05) is 12.4 Å². The Labute approximate surface area is 163 Å². The highest BCUT2D eigenvalue weighted by Crippen LogP contribution is 2.38. The summed E-state index contributed by atoms with van der Waals surface area (Å²) in [6.07, 6.45) is 5.88. The summed E-state index contributed by atoms with van der Waals surface area (Å²) >= 11 is 0. The van der Waals surface area contributed by atoms with Gasteiger partial charge in [0.1, 0.15) is 11.9 Å². The number of aromatic nitrogens is 5. The van der Waals surface area contributed by atoms with Crippen LogP contribution in [0.1, 0.15) is 36.2 Å². The number of amides is 1. The van der Waals surface area contributed by atoms with Crippen molar-refractivity contribution in [2.45, 2.75) is 24.8 Å². The fourth-order valence-corrected chi connectivity index (χ4v) is 2.90. The molecule has 1 aromatic carbocycles. The van der Waals surface area contributed by atoms with Crippen molar-refractivity contribution < 1.29 is 4.79 Å². The Hall–Kier alpha value is -2.71. The van der Waals surface area contributed by atoms with Crippen LogP contribution in [-0.2, 0) is 11.8 Å². The predicted octanol–water partition coefficient (Wildman–Crippen LogP) is 2.40. The van der Waals surface area contributed by atoms with Gasteiger partial charge in [0.05, 0.1) is 6.20 Å². The fourth-order valence-electron chi connectivity index (χ4n) is 2.90. The molecule has 0 bridgehead atoms. The lowest BCUT2D eigenvalue weighted by Crippen LogP contribution is -2.30. The average Bonchev–Trinajstić information content (AvgIpc) is 3.22. The summed E-state index contributed by atoms with van der Waals surface area (Å²) in [5.74, 6) is 2.06. The molecule has 1 unspecified atom stereocenters. The van der Waals surface area contributed by atoms with Gasteiger partial charge in [-0.1, -0.05) is 0 Å². The third-order valence-corrected chi connectivity index (χ3v) is 4.49. The number of anilines is 1. The molecule has 8 nitrogen and oxygen atoms in total. The lowest BCUT2D eigenvalue weighted by atomic mass is 10.1. The Kier molecular flexibility index (Phi) is 5.57. The van der Waals surface area contributed by atoms with Crippen molar-refractivity contribution >= 4 is 24.0 Å². The number of rotatable bonds is 6. The highest BCUT2D eigenvalue weighted by molar-refractivity contribution is 5.95. The molecule has 1 saturated carbocycles. The van der Waals surface area contributed by atoms with E-state index in [-0.39, 0.29) is 18.3 Å². The van der Waals surface area contributed by atoms with Gasteiger partial charge in [-0.15, -0.1) is 12.4 Å². The van der Waals surface area contributed by atoms with Crippen LogP contribution in [0.15, 0.2) is 36.7 Å². The summed E-state index contributed by atoms with van der Waals surface area (Å²) in [4.78, 5) is 17.1. The van der Waals surface area contributed by atoms with E-state index < -0.39 is 6.04 Å². The second-order valence-corrected chi connectivity index (χ2v) is 6.55. The number of halogens is 1. The number of hydrogen-bond acceptors (Lipinski definition) is 5. The first-order chi connectivity index (χ1) is 12.6. The number of H-pyrrole nitrogens is 1. The van der Waals surface area contributed by atoms with Crippen LogP contribution in [0.25, 0.3) is 11.4 Å². The number of hydrogen-bond donors (Lipinski definition) is 3. The van der Waals surface area contributed by atoms with Crippen LogP contribution in [0.2, 0.25) is 0 Å². The number of carbonyl (C=O) groups is 1. The topological polar surface area (TPSA) is 101 Å². The largest absolute Gasteiger partial charge is 0.324 e. The SMILES string of the molecule is CNC(C(=O)Nc1ccc(-c2n[nH]c(C3CC3)n2)cc1)c1cnn(C)c1.Cl. The van der Waals surface area contributed by atoms with Crippen LogP contribution in [0, 0.1) is 0 Å². The van der Waals surface area contributed by atoms with Crippen molar-refractivity contribution in [1.82, 2.24) is 30.3 Å². The van der Waals surface area contributed by atoms with Crippen LogP contribution in [0.4, 0.5) is 5.69 Å². The molecule has 27 heavy (non-hydrogen) atoms. The van der Waals surface area contributed by atoms with E-state index >= 15 is 0 Å². The first-order valence-corrected chi connectivity index (χ1v) is 8.63. The zero-order valence-corrected chi connectivity index (χ0v) is 16.0. The molecule has 9 heteroatoms. The van der Waals surface area contributed by atoms with E-state index in [1.807, 2.05) is 37.5 Å². The lowest BCUT2D eigenvalue weighted by molar-refractivity contribution is -0.118. The van der Waals surface area contributed by atoms with E-state index in [1.165, 1.54) is 12.8 Å². The zero-order chi connectivity index (χ0) is 18.1. The Bertz CT molecular complexity index is 914. The third-order valence-electron chi connectivity index (χ3n) is 4.49. The molecule has 0 saturated heterocycles. The molecule has 142 valence electrons.